The molecule has 4 N–H and O–H groups in total. The van der Waals surface area contributed by atoms with E-state index in [1.165, 1.54) is 6.07 Å². The first-order valence-corrected chi connectivity index (χ1v) is 8.48. The van der Waals surface area contributed by atoms with E-state index in [2.05, 4.69) is 11.7 Å². The molecule has 8 heteroatoms. The highest BCUT2D eigenvalue weighted by molar-refractivity contribution is 5.95. The summed E-state index contributed by atoms with van der Waals surface area (Å²) in [7, 11) is 0. The van der Waals surface area contributed by atoms with E-state index < -0.39 is 11.4 Å². The van der Waals surface area contributed by atoms with Gasteiger partial charge in [-0.05, 0) is 51.5 Å². The fourth-order valence-corrected chi connectivity index (χ4v) is 2.60. The topological polar surface area (TPSA) is 103 Å². The number of ether oxygens (including phenoxy) is 2. The van der Waals surface area contributed by atoms with Crippen LogP contribution in [0.3, 0.4) is 0 Å². The Labute approximate surface area is 158 Å². The van der Waals surface area contributed by atoms with Gasteiger partial charge in [0.1, 0.15) is 11.4 Å². The highest BCUT2D eigenvalue weighted by Gasteiger charge is 2.24. The molecule has 1 heterocycles. The number of amides is 1. The van der Waals surface area contributed by atoms with Gasteiger partial charge in [-0.15, -0.1) is 5.10 Å². The zero-order valence-electron chi connectivity index (χ0n) is 15.8. The Morgan fingerprint density at radius 2 is 2.07 bits per heavy atom. The molecule has 2 rings (SSSR count). The molecule has 27 heavy (non-hydrogen) atoms. The van der Waals surface area contributed by atoms with Crippen LogP contribution in [0.25, 0.3) is 5.57 Å². The quantitative estimate of drug-likeness (QED) is 0.278. The summed E-state index contributed by atoms with van der Waals surface area (Å²) in [6, 6.07) is 4.52. The van der Waals surface area contributed by atoms with Crippen LogP contribution in [0, 0.1) is 5.82 Å². The van der Waals surface area contributed by atoms with Crippen molar-refractivity contribution >= 4 is 17.6 Å². The minimum atomic E-state index is -0.553. The smallest absolute Gasteiger partial charge is 0.410 e. The molecule has 0 bridgehead atoms. The third kappa shape index (κ3) is 5.47. The Morgan fingerprint density at radius 1 is 1.37 bits per heavy atom. The predicted octanol–water partition coefficient (Wildman–Crippen LogP) is 2.92. The monoisotopic (exact) mass is 376 g/mol. The van der Waals surface area contributed by atoms with Gasteiger partial charge < -0.3 is 25.9 Å². The van der Waals surface area contributed by atoms with E-state index in [9.17, 15) is 9.18 Å². The minimum absolute atomic E-state index is 0.0262. The molecule has 0 aromatic heterocycles. The van der Waals surface area contributed by atoms with E-state index in [1.54, 1.807) is 17.0 Å². The normalized spacial score (nSPS) is 15.2. The van der Waals surface area contributed by atoms with E-state index in [0.29, 0.717) is 30.6 Å². The minimum Gasteiger partial charge on any atom is -0.444 e. The number of nitrogens with two attached hydrogens (primary N) is 2. The van der Waals surface area contributed by atoms with Gasteiger partial charge in [0.05, 0.1) is 0 Å². The number of hydrogen-bond donors (Lipinski definition) is 2. The molecule has 1 aromatic rings. The second-order valence-electron chi connectivity index (χ2n) is 7.10. The van der Waals surface area contributed by atoms with Crippen LogP contribution in [-0.2, 0) is 9.47 Å². The summed E-state index contributed by atoms with van der Waals surface area (Å²) in [6.07, 6.45) is 1.96. The molecule has 7 nitrogen and oxygen atoms in total. The van der Waals surface area contributed by atoms with Crippen LogP contribution in [0.15, 0.2) is 41.8 Å². The average molecular weight is 376 g/mol. The van der Waals surface area contributed by atoms with Gasteiger partial charge in [0.15, 0.2) is 5.88 Å². The zero-order chi connectivity index (χ0) is 20.2. The van der Waals surface area contributed by atoms with Crippen molar-refractivity contribution in [2.45, 2.75) is 32.8 Å². The van der Waals surface area contributed by atoms with Crippen LogP contribution in [0.5, 0.6) is 0 Å². The molecule has 0 aliphatic carbocycles. The summed E-state index contributed by atoms with van der Waals surface area (Å²) >= 11 is 0. The first-order valence-electron chi connectivity index (χ1n) is 8.48. The second kappa shape index (κ2) is 8.11. The highest BCUT2D eigenvalue weighted by atomic mass is 19.1. The van der Waals surface area contributed by atoms with Crippen molar-refractivity contribution in [3.8, 4) is 0 Å². The summed E-state index contributed by atoms with van der Waals surface area (Å²) in [5, 5.41) is 3.45. The number of carbonyl (C=O) groups is 1. The number of hydrazone groups is 1. The molecule has 0 radical (unpaired) electrons. The summed E-state index contributed by atoms with van der Waals surface area (Å²) in [4.78, 5) is 13.7. The molecular weight excluding hydrogens is 351 g/mol. The van der Waals surface area contributed by atoms with Gasteiger partial charge in [-0.1, -0.05) is 12.1 Å². The standard InChI is InChI=1S/C19H25FN4O3/c1-12(21)26-17(23-22)14-5-6-15(16(20)11-14)13-7-9-24(10-8-13)18(25)27-19(2,3)4/h5-7,11H,1,8-10,21-22H2,2-4H3/b23-17-. The van der Waals surface area contributed by atoms with Crippen molar-refractivity contribution in [3.63, 3.8) is 0 Å². The van der Waals surface area contributed by atoms with Crippen LogP contribution in [0.2, 0.25) is 0 Å². The van der Waals surface area contributed by atoms with Crippen LogP contribution < -0.4 is 11.6 Å². The van der Waals surface area contributed by atoms with Crippen molar-refractivity contribution in [3.05, 3.63) is 53.7 Å². The molecule has 0 unspecified atom stereocenters. The number of benzene rings is 1. The van der Waals surface area contributed by atoms with E-state index in [4.69, 9.17) is 21.1 Å². The fraction of sp³-hybridized carbons (Fsp3) is 0.368. The Bertz CT molecular complexity index is 797. The van der Waals surface area contributed by atoms with Gasteiger partial charge in [-0.2, -0.15) is 0 Å². The Balaban J connectivity index is 2.13. The highest BCUT2D eigenvalue weighted by Crippen LogP contribution is 2.26. The van der Waals surface area contributed by atoms with Crippen LogP contribution >= 0.6 is 0 Å². The van der Waals surface area contributed by atoms with Gasteiger partial charge in [0.2, 0.25) is 5.90 Å². The summed E-state index contributed by atoms with van der Waals surface area (Å²) in [5.41, 5.74) is 6.42. The molecule has 0 fully saturated rings. The molecule has 0 saturated heterocycles. The number of hydrogen-bond acceptors (Lipinski definition) is 6. The first-order chi connectivity index (χ1) is 12.6. The number of rotatable bonds is 3. The number of nitrogens with zero attached hydrogens (tertiary/aromatic N) is 2. The van der Waals surface area contributed by atoms with E-state index in [1.807, 2.05) is 26.8 Å². The Morgan fingerprint density at radius 3 is 2.56 bits per heavy atom. The maximum absolute atomic E-state index is 14.6. The lowest BCUT2D eigenvalue weighted by Gasteiger charge is -2.29. The third-order valence-electron chi connectivity index (χ3n) is 3.77. The van der Waals surface area contributed by atoms with Gasteiger partial charge in [0, 0.05) is 24.2 Å². The lowest BCUT2D eigenvalue weighted by molar-refractivity contribution is 0.0270. The molecule has 0 atom stereocenters. The van der Waals surface area contributed by atoms with Crippen LogP contribution in [0.1, 0.15) is 38.3 Å². The molecule has 146 valence electrons. The SMILES string of the molecule is C=C(N)O/C(=N\N)c1ccc(C2=CCN(C(=O)OC(C)(C)C)CC2)c(F)c1. The zero-order valence-corrected chi connectivity index (χ0v) is 15.8. The first kappa shape index (κ1) is 20.3. The lowest BCUT2D eigenvalue weighted by atomic mass is 9.98. The lowest BCUT2D eigenvalue weighted by Crippen LogP contribution is -2.39. The summed E-state index contributed by atoms with van der Waals surface area (Å²) < 4.78 is 25.0. The Hall–Kier alpha value is -3.03. The molecule has 1 aliphatic rings. The molecule has 1 amide bonds. The van der Waals surface area contributed by atoms with Crippen LogP contribution in [-0.4, -0.2) is 35.6 Å². The van der Waals surface area contributed by atoms with E-state index in [-0.39, 0.29) is 17.9 Å². The molecule has 0 saturated carbocycles. The third-order valence-corrected chi connectivity index (χ3v) is 3.77. The maximum atomic E-state index is 14.6. The molecule has 0 spiro atoms. The van der Waals surface area contributed by atoms with Gasteiger partial charge >= 0.3 is 6.09 Å². The average Bonchev–Trinajstić information content (AvgIpc) is 2.58. The van der Waals surface area contributed by atoms with E-state index in [0.717, 1.165) is 5.57 Å². The predicted molar refractivity (Wildman–Crippen MR) is 102 cm³/mol. The summed E-state index contributed by atoms with van der Waals surface area (Å²) in [5.74, 6) is 4.68. The molecule has 1 aromatic carbocycles. The fourth-order valence-electron chi connectivity index (χ4n) is 2.60. The second-order valence-corrected chi connectivity index (χ2v) is 7.10. The number of carbonyl (C=O) groups excluding carboxylic acids is 1. The van der Waals surface area contributed by atoms with Crippen molar-refractivity contribution in [1.29, 1.82) is 0 Å². The van der Waals surface area contributed by atoms with Gasteiger partial charge in [-0.3, -0.25) is 0 Å². The van der Waals surface area contributed by atoms with Crippen LogP contribution in [0.4, 0.5) is 9.18 Å². The number of halogens is 1. The maximum Gasteiger partial charge on any atom is 0.410 e. The van der Waals surface area contributed by atoms with Crippen molar-refractivity contribution in [2.24, 2.45) is 16.7 Å². The Kier molecular flexibility index (Phi) is 6.09. The van der Waals surface area contributed by atoms with E-state index >= 15 is 0 Å². The molecular formula is C19H25FN4O3. The van der Waals surface area contributed by atoms with Crippen molar-refractivity contribution in [1.82, 2.24) is 4.90 Å². The van der Waals surface area contributed by atoms with Crippen molar-refractivity contribution in [2.75, 3.05) is 13.1 Å². The molecule has 1 aliphatic heterocycles. The largest absolute Gasteiger partial charge is 0.444 e. The van der Waals surface area contributed by atoms with Gasteiger partial charge in [-0.25, -0.2) is 9.18 Å². The van der Waals surface area contributed by atoms with Crippen molar-refractivity contribution < 1.29 is 18.7 Å². The van der Waals surface area contributed by atoms with Gasteiger partial charge in [0.25, 0.3) is 0 Å². The summed E-state index contributed by atoms with van der Waals surface area (Å²) in [6.45, 7) is 9.65.